The summed E-state index contributed by atoms with van der Waals surface area (Å²) in [5.74, 6) is 0.307. The Labute approximate surface area is 115 Å². The quantitative estimate of drug-likeness (QED) is 0.487. The van der Waals surface area contributed by atoms with Crippen LogP contribution in [-0.4, -0.2) is 38.6 Å². The van der Waals surface area contributed by atoms with E-state index in [4.69, 9.17) is 4.74 Å². The van der Waals surface area contributed by atoms with Gasteiger partial charge in [-0.25, -0.2) is 0 Å². The van der Waals surface area contributed by atoms with Gasteiger partial charge in [-0.3, -0.25) is 9.59 Å². The summed E-state index contributed by atoms with van der Waals surface area (Å²) >= 11 is 0. The first-order valence-electron chi connectivity index (χ1n) is 7.08. The van der Waals surface area contributed by atoms with Gasteiger partial charge < -0.3 is 15.4 Å². The van der Waals surface area contributed by atoms with Crippen LogP contribution in [0.1, 0.15) is 39.5 Å². The third-order valence-corrected chi connectivity index (χ3v) is 3.44. The summed E-state index contributed by atoms with van der Waals surface area (Å²) < 4.78 is 4.92. The van der Waals surface area contributed by atoms with Crippen LogP contribution >= 0.6 is 0 Å². The molecule has 0 atom stereocenters. The van der Waals surface area contributed by atoms with Crippen LogP contribution in [0.2, 0.25) is 0 Å². The molecule has 110 valence electrons. The van der Waals surface area contributed by atoms with Crippen molar-refractivity contribution >= 4 is 11.8 Å². The van der Waals surface area contributed by atoms with Gasteiger partial charge in [0.25, 0.3) is 0 Å². The third-order valence-electron chi connectivity index (χ3n) is 3.44. The fraction of sp³-hybridized carbons (Fsp3) is 0.857. The summed E-state index contributed by atoms with van der Waals surface area (Å²) in [6, 6.07) is 0. The lowest BCUT2D eigenvalue weighted by Gasteiger charge is -2.15. The summed E-state index contributed by atoms with van der Waals surface area (Å²) in [4.78, 5) is 24.1. The van der Waals surface area contributed by atoms with Crippen LogP contribution in [0.15, 0.2) is 0 Å². The second-order valence-electron chi connectivity index (χ2n) is 5.62. The number of amides is 2. The van der Waals surface area contributed by atoms with Gasteiger partial charge in [0.05, 0.1) is 0 Å². The average molecular weight is 270 g/mol. The lowest BCUT2D eigenvalue weighted by molar-refractivity contribution is -0.137. The highest BCUT2D eigenvalue weighted by Gasteiger charge is 2.56. The molecule has 0 heterocycles. The number of carbonyl (C=O) groups excluding carboxylic acids is 2. The largest absolute Gasteiger partial charge is 0.385 e. The first kappa shape index (κ1) is 16.0. The van der Waals surface area contributed by atoms with Gasteiger partial charge in [0, 0.05) is 26.8 Å². The molecule has 1 aliphatic rings. The Balaban J connectivity index is 2.30. The number of hydrogen-bond donors (Lipinski definition) is 2. The molecule has 0 saturated heterocycles. The molecule has 0 aromatic rings. The number of methoxy groups -OCH3 is 1. The van der Waals surface area contributed by atoms with Crippen molar-refractivity contribution in [2.24, 2.45) is 11.3 Å². The minimum absolute atomic E-state index is 0.114. The monoisotopic (exact) mass is 270 g/mol. The topological polar surface area (TPSA) is 67.4 Å². The van der Waals surface area contributed by atoms with Gasteiger partial charge in [-0.05, 0) is 31.6 Å². The molecule has 1 fully saturated rings. The van der Waals surface area contributed by atoms with Gasteiger partial charge in [0.15, 0.2) is 0 Å². The molecule has 1 aliphatic carbocycles. The van der Waals surface area contributed by atoms with Crippen LogP contribution in [0.25, 0.3) is 0 Å². The maximum absolute atomic E-state index is 12.0. The molecule has 0 aliphatic heterocycles. The van der Waals surface area contributed by atoms with Gasteiger partial charge >= 0.3 is 0 Å². The van der Waals surface area contributed by atoms with E-state index in [-0.39, 0.29) is 11.8 Å². The number of carbonyl (C=O) groups is 2. The summed E-state index contributed by atoms with van der Waals surface area (Å²) in [5.41, 5.74) is -0.788. The molecule has 0 aromatic carbocycles. The van der Waals surface area contributed by atoms with Crippen LogP contribution in [0, 0.1) is 11.3 Å². The Morgan fingerprint density at radius 1 is 1.16 bits per heavy atom. The molecule has 0 spiro atoms. The number of ether oxygens (including phenoxy) is 1. The molecule has 1 saturated carbocycles. The highest BCUT2D eigenvalue weighted by Crippen LogP contribution is 2.46. The number of rotatable bonds is 9. The molecule has 2 N–H and O–H groups in total. The van der Waals surface area contributed by atoms with E-state index in [0.29, 0.717) is 38.5 Å². The molecular formula is C14H26N2O3. The normalized spacial score (nSPS) is 16.2. The first-order chi connectivity index (χ1) is 9.03. The van der Waals surface area contributed by atoms with Crippen molar-refractivity contribution in [3.8, 4) is 0 Å². The Morgan fingerprint density at radius 3 is 2.21 bits per heavy atom. The van der Waals surface area contributed by atoms with Crippen molar-refractivity contribution in [2.75, 3.05) is 26.8 Å². The maximum Gasteiger partial charge on any atom is 0.235 e. The van der Waals surface area contributed by atoms with Crippen LogP contribution in [0.4, 0.5) is 0 Å². The lowest BCUT2D eigenvalue weighted by atomic mass is 10.0. The predicted octanol–water partition coefficient (Wildman–Crippen LogP) is 1.08. The summed E-state index contributed by atoms with van der Waals surface area (Å²) in [6.45, 7) is 6.06. The molecule has 1 rings (SSSR count). The molecular weight excluding hydrogens is 244 g/mol. The molecule has 0 aromatic heterocycles. The average Bonchev–Trinajstić information content (AvgIpc) is 3.15. The molecule has 0 bridgehead atoms. The van der Waals surface area contributed by atoms with Crippen molar-refractivity contribution in [1.82, 2.24) is 10.6 Å². The van der Waals surface area contributed by atoms with E-state index >= 15 is 0 Å². The molecule has 0 unspecified atom stereocenters. The summed E-state index contributed by atoms with van der Waals surface area (Å²) in [7, 11) is 1.63. The van der Waals surface area contributed by atoms with Gasteiger partial charge in [-0.2, -0.15) is 0 Å². The van der Waals surface area contributed by atoms with E-state index in [1.807, 2.05) is 0 Å². The molecule has 5 heteroatoms. The van der Waals surface area contributed by atoms with E-state index in [0.717, 1.165) is 12.8 Å². The zero-order valence-corrected chi connectivity index (χ0v) is 12.3. The van der Waals surface area contributed by atoms with Crippen molar-refractivity contribution in [3.05, 3.63) is 0 Å². The highest BCUT2D eigenvalue weighted by atomic mass is 16.5. The van der Waals surface area contributed by atoms with Crippen molar-refractivity contribution in [2.45, 2.75) is 39.5 Å². The van der Waals surface area contributed by atoms with Gasteiger partial charge in [-0.1, -0.05) is 13.8 Å². The standard InChI is InChI=1S/C14H26N2O3/c1-11(2)5-9-16-13(18)14(6-7-14)12(17)15-8-4-10-19-3/h11H,4-10H2,1-3H3,(H,15,17)(H,16,18). The molecule has 19 heavy (non-hydrogen) atoms. The molecule has 5 nitrogen and oxygen atoms in total. The van der Waals surface area contributed by atoms with E-state index in [9.17, 15) is 9.59 Å². The third kappa shape index (κ3) is 4.82. The van der Waals surface area contributed by atoms with Gasteiger partial charge in [-0.15, -0.1) is 0 Å². The fourth-order valence-corrected chi connectivity index (χ4v) is 1.91. The Morgan fingerprint density at radius 2 is 1.74 bits per heavy atom. The van der Waals surface area contributed by atoms with E-state index in [1.54, 1.807) is 7.11 Å². The number of nitrogens with one attached hydrogen (secondary N) is 2. The zero-order chi connectivity index (χ0) is 14.3. The minimum atomic E-state index is -0.788. The smallest absolute Gasteiger partial charge is 0.235 e. The summed E-state index contributed by atoms with van der Waals surface area (Å²) in [6.07, 6.45) is 3.04. The van der Waals surface area contributed by atoms with Gasteiger partial charge in [0.1, 0.15) is 5.41 Å². The fourth-order valence-electron chi connectivity index (χ4n) is 1.91. The van der Waals surface area contributed by atoms with Crippen LogP contribution in [0.3, 0.4) is 0 Å². The van der Waals surface area contributed by atoms with Crippen LogP contribution in [-0.2, 0) is 14.3 Å². The van der Waals surface area contributed by atoms with Crippen molar-refractivity contribution in [1.29, 1.82) is 0 Å². The van der Waals surface area contributed by atoms with E-state index in [1.165, 1.54) is 0 Å². The second-order valence-corrected chi connectivity index (χ2v) is 5.62. The van der Waals surface area contributed by atoms with E-state index in [2.05, 4.69) is 24.5 Å². The first-order valence-corrected chi connectivity index (χ1v) is 7.08. The highest BCUT2D eigenvalue weighted by molar-refractivity contribution is 6.07. The number of hydrogen-bond acceptors (Lipinski definition) is 3. The van der Waals surface area contributed by atoms with Crippen LogP contribution in [0.5, 0.6) is 0 Å². The Kier molecular flexibility index (Phi) is 6.28. The SMILES string of the molecule is COCCCNC(=O)C1(C(=O)NCCC(C)C)CC1. The maximum atomic E-state index is 12.0. The molecule has 2 amide bonds. The lowest BCUT2D eigenvalue weighted by Crippen LogP contribution is -2.43. The van der Waals surface area contributed by atoms with Crippen LogP contribution < -0.4 is 10.6 Å². The minimum Gasteiger partial charge on any atom is -0.385 e. The second kappa shape index (κ2) is 7.48. The predicted molar refractivity (Wildman–Crippen MR) is 73.6 cm³/mol. The van der Waals surface area contributed by atoms with Crippen molar-refractivity contribution in [3.63, 3.8) is 0 Å². The zero-order valence-electron chi connectivity index (χ0n) is 12.3. The molecule has 0 radical (unpaired) electrons. The van der Waals surface area contributed by atoms with Gasteiger partial charge in [0.2, 0.25) is 11.8 Å². The Bertz CT molecular complexity index is 312. The Hall–Kier alpha value is -1.10. The van der Waals surface area contributed by atoms with E-state index < -0.39 is 5.41 Å². The van der Waals surface area contributed by atoms with Crippen molar-refractivity contribution < 1.29 is 14.3 Å². The summed E-state index contributed by atoms with van der Waals surface area (Å²) in [5, 5.41) is 5.70.